The van der Waals surface area contributed by atoms with Gasteiger partial charge in [0.15, 0.2) is 11.6 Å². The molecule has 4 aromatic rings. The number of aliphatic hydroxyl groups is 1. The lowest BCUT2D eigenvalue weighted by molar-refractivity contribution is 0.0734. The van der Waals surface area contributed by atoms with Crippen LogP contribution in [0.4, 0.5) is 8.78 Å². The SMILES string of the molecule is [2H]C([2H])(Oc1cc2n(c(=O)c1Cl)-c1cc(-n3ccc(C(C)(C)O)n3)ncc1CCC2)c1ncc(F)cc1F. The highest BCUT2D eigenvalue weighted by Crippen LogP contribution is 2.30. The Kier molecular flexibility index (Phi) is 5.47. The fourth-order valence-electron chi connectivity index (χ4n) is 3.95. The van der Waals surface area contributed by atoms with Crippen LogP contribution in [0.3, 0.4) is 0 Å². The minimum absolute atomic E-state index is 0.293. The van der Waals surface area contributed by atoms with Gasteiger partial charge in [-0.2, -0.15) is 5.10 Å². The van der Waals surface area contributed by atoms with Crippen LogP contribution >= 0.6 is 11.6 Å². The molecule has 0 unspecified atom stereocenters. The van der Waals surface area contributed by atoms with E-state index in [2.05, 4.69) is 15.1 Å². The maximum atomic E-state index is 14.2. The van der Waals surface area contributed by atoms with E-state index >= 15 is 0 Å². The van der Waals surface area contributed by atoms with Crippen molar-refractivity contribution >= 4 is 11.6 Å². The molecule has 1 N–H and O–H groups in total. The Morgan fingerprint density at radius 3 is 2.75 bits per heavy atom. The number of ether oxygens (including phenoxy) is 1. The molecule has 0 aliphatic carbocycles. The van der Waals surface area contributed by atoms with Crippen molar-refractivity contribution in [3.63, 3.8) is 0 Å². The first-order valence-electron chi connectivity index (χ1n) is 12.1. The summed E-state index contributed by atoms with van der Waals surface area (Å²) in [4.78, 5) is 21.4. The number of nitrogens with zero attached hydrogens (tertiary/aromatic N) is 5. The van der Waals surface area contributed by atoms with Crippen molar-refractivity contribution in [2.45, 2.75) is 45.3 Å². The molecule has 5 rings (SSSR count). The monoisotopic (exact) mass is 515 g/mol. The normalized spacial score (nSPS) is 14.4. The van der Waals surface area contributed by atoms with Crippen LogP contribution < -0.4 is 10.3 Å². The van der Waals surface area contributed by atoms with E-state index in [1.54, 1.807) is 38.4 Å². The van der Waals surface area contributed by atoms with Crippen LogP contribution in [0.2, 0.25) is 5.02 Å². The Hall–Kier alpha value is -3.63. The lowest BCUT2D eigenvalue weighted by atomic mass is 10.1. The van der Waals surface area contributed by atoms with E-state index in [1.165, 1.54) is 15.3 Å². The van der Waals surface area contributed by atoms with E-state index in [-0.39, 0.29) is 5.75 Å². The summed E-state index contributed by atoms with van der Waals surface area (Å²) in [5.74, 6) is -2.09. The van der Waals surface area contributed by atoms with Gasteiger partial charge in [0, 0.05) is 36.3 Å². The molecular weight excluding hydrogens is 492 g/mol. The third-order valence-electron chi connectivity index (χ3n) is 5.78. The molecule has 0 saturated heterocycles. The summed E-state index contributed by atoms with van der Waals surface area (Å²) in [6.45, 7) is 0.389. The van der Waals surface area contributed by atoms with Crippen LogP contribution in [-0.2, 0) is 25.0 Å². The highest BCUT2D eigenvalue weighted by atomic mass is 35.5. The van der Waals surface area contributed by atoms with Crippen LogP contribution in [0.25, 0.3) is 11.5 Å². The molecule has 186 valence electrons. The number of aryl methyl sites for hydroxylation is 2. The molecule has 0 saturated carbocycles. The van der Waals surface area contributed by atoms with Gasteiger partial charge in [0.25, 0.3) is 5.56 Å². The predicted molar refractivity (Wildman–Crippen MR) is 128 cm³/mol. The third-order valence-corrected chi connectivity index (χ3v) is 6.12. The summed E-state index contributed by atoms with van der Waals surface area (Å²) >= 11 is 6.36. The zero-order valence-corrected chi connectivity index (χ0v) is 20.1. The first-order valence-corrected chi connectivity index (χ1v) is 11.5. The second-order valence-electron chi connectivity index (χ2n) is 8.87. The fraction of sp³-hybridized carbons (Fsp3) is 0.280. The smallest absolute Gasteiger partial charge is 0.277 e. The third kappa shape index (κ3) is 4.49. The molecule has 0 amide bonds. The van der Waals surface area contributed by atoms with Gasteiger partial charge in [0.1, 0.15) is 34.4 Å². The van der Waals surface area contributed by atoms with Gasteiger partial charge in [-0.3, -0.25) is 14.3 Å². The molecule has 0 bridgehead atoms. The second kappa shape index (κ2) is 9.11. The van der Waals surface area contributed by atoms with Gasteiger partial charge < -0.3 is 9.84 Å². The van der Waals surface area contributed by atoms with Gasteiger partial charge in [0.2, 0.25) is 0 Å². The molecule has 11 heteroatoms. The van der Waals surface area contributed by atoms with Crippen molar-refractivity contribution in [3.05, 3.63) is 92.5 Å². The Morgan fingerprint density at radius 1 is 1.22 bits per heavy atom. The highest BCUT2D eigenvalue weighted by molar-refractivity contribution is 6.31. The lowest BCUT2D eigenvalue weighted by Crippen LogP contribution is -2.23. The predicted octanol–water partition coefficient (Wildman–Crippen LogP) is 4.04. The van der Waals surface area contributed by atoms with Crippen molar-refractivity contribution in [2.24, 2.45) is 0 Å². The summed E-state index contributed by atoms with van der Waals surface area (Å²) in [5.41, 5.74) is -0.347. The van der Waals surface area contributed by atoms with Crippen molar-refractivity contribution < 1.29 is 21.4 Å². The summed E-state index contributed by atoms with van der Waals surface area (Å²) in [6, 6.07) is 5.27. The number of rotatable bonds is 5. The summed E-state index contributed by atoms with van der Waals surface area (Å²) in [6.07, 6.45) is 5.66. The number of fused-ring (bicyclic) bond motifs is 3. The first-order chi connectivity index (χ1) is 17.8. The van der Waals surface area contributed by atoms with Crippen molar-refractivity contribution in [1.82, 2.24) is 24.3 Å². The molecule has 36 heavy (non-hydrogen) atoms. The lowest BCUT2D eigenvalue weighted by Gasteiger charge is -2.17. The Morgan fingerprint density at radius 2 is 2.03 bits per heavy atom. The summed E-state index contributed by atoms with van der Waals surface area (Å²) < 4.78 is 52.1. The molecule has 1 aliphatic heterocycles. The number of pyridine rings is 3. The van der Waals surface area contributed by atoms with Gasteiger partial charge in [-0.15, -0.1) is 0 Å². The van der Waals surface area contributed by atoms with Crippen molar-refractivity contribution in [3.8, 4) is 17.3 Å². The number of hydrogen-bond acceptors (Lipinski definition) is 6. The van der Waals surface area contributed by atoms with Gasteiger partial charge in [-0.1, -0.05) is 11.6 Å². The maximum absolute atomic E-state index is 14.2. The van der Waals surface area contributed by atoms with E-state index in [1.807, 2.05) is 0 Å². The van der Waals surface area contributed by atoms with Crippen LogP contribution in [0, 0.1) is 11.6 Å². The molecule has 0 spiro atoms. The zero-order valence-electron chi connectivity index (χ0n) is 21.3. The molecule has 4 aromatic heterocycles. The Bertz CT molecular complexity index is 1620. The quantitative estimate of drug-likeness (QED) is 0.431. The topological polar surface area (TPSA) is 95.1 Å². The number of aromatic nitrogens is 5. The van der Waals surface area contributed by atoms with Crippen LogP contribution in [0.1, 0.15) is 45.7 Å². The molecule has 8 nitrogen and oxygen atoms in total. The van der Waals surface area contributed by atoms with E-state index < -0.39 is 40.1 Å². The van der Waals surface area contributed by atoms with Gasteiger partial charge in [0.05, 0.1) is 20.3 Å². The molecule has 0 fully saturated rings. The van der Waals surface area contributed by atoms with E-state index in [9.17, 15) is 18.7 Å². The minimum Gasteiger partial charge on any atom is -0.485 e. The molecular formula is C25H22ClF2N5O3. The van der Waals surface area contributed by atoms with Gasteiger partial charge >= 0.3 is 0 Å². The Labute approximate surface area is 212 Å². The molecule has 0 aromatic carbocycles. The first kappa shape index (κ1) is 21.6. The standard InChI is InChI=1S/C25H22ClF2N5O3/c1-25(2,35)21-6-7-32(31-21)22-10-19-14(11-30-22)4-3-5-16-9-20(23(26)24(34)33(16)19)36-13-18-17(28)8-15(27)12-29-18/h6-12,35H,3-5,13H2,1-2H3/i13D2. The second-order valence-corrected chi connectivity index (χ2v) is 9.25. The average molecular weight is 516 g/mol. The summed E-state index contributed by atoms with van der Waals surface area (Å²) in [5, 5.41) is 14.2. The highest BCUT2D eigenvalue weighted by Gasteiger charge is 2.23. The number of hydrogen-bond donors (Lipinski definition) is 1. The van der Waals surface area contributed by atoms with Crippen molar-refractivity contribution in [1.29, 1.82) is 0 Å². The van der Waals surface area contributed by atoms with E-state index in [0.29, 0.717) is 54.4 Å². The fourth-order valence-corrected chi connectivity index (χ4v) is 4.13. The largest absolute Gasteiger partial charge is 0.485 e. The summed E-state index contributed by atoms with van der Waals surface area (Å²) in [7, 11) is 0. The number of halogens is 3. The van der Waals surface area contributed by atoms with Crippen LogP contribution in [0.15, 0.2) is 47.7 Å². The molecule has 5 heterocycles. The Balaban J connectivity index is 1.58. The van der Waals surface area contributed by atoms with Gasteiger partial charge in [-0.05, 0) is 44.7 Å². The van der Waals surface area contributed by atoms with E-state index in [4.69, 9.17) is 19.1 Å². The van der Waals surface area contributed by atoms with Gasteiger partial charge in [-0.25, -0.2) is 18.4 Å². The van der Waals surface area contributed by atoms with Crippen molar-refractivity contribution in [2.75, 3.05) is 0 Å². The molecule has 0 atom stereocenters. The maximum Gasteiger partial charge on any atom is 0.277 e. The average Bonchev–Trinajstić information content (AvgIpc) is 3.26. The zero-order chi connectivity index (χ0) is 27.4. The molecule has 1 aliphatic rings. The molecule has 0 radical (unpaired) electrons. The van der Waals surface area contributed by atoms with Crippen LogP contribution in [-0.4, -0.2) is 29.4 Å². The minimum atomic E-state index is -2.84. The van der Waals surface area contributed by atoms with Crippen LogP contribution in [0.5, 0.6) is 5.75 Å². The van der Waals surface area contributed by atoms with E-state index in [0.717, 1.165) is 5.56 Å².